The van der Waals surface area contributed by atoms with E-state index in [4.69, 9.17) is 4.74 Å². The fourth-order valence-electron chi connectivity index (χ4n) is 2.43. The van der Waals surface area contributed by atoms with Crippen molar-refractivity contribution in [3.05, 3.63) is 59.9 Å². The van der Waals surface area contributed by atoms with Crippen LogP contribution in [0.5, 0.6) is 5.75 Å². The second-order valence-corrected chi connectivity index (χ2v) is 7.56. The number of hydrogen-bond donors (Lipinski definition) is 1. The van der Waals surface area contributed by atoms with Gasteiger partial charge in [-0.15, -0.1) is 0 Å². The van der Waals surface area contributed by atoms with Gasteiger partial charge in [0.1, 0.15) is 11.6 Å². The second-order valence-electron chi connectivity index (χ2n) is 5.65. The lowest BCUT2D eigenvalue weighted by molar-refractivity contribution is -0.121. The summed E-state index contributed by atoms with van der Waals surface area (Å²) < 4.78 is 43.3. The maximum absolute atomic E-state index is 13.0. The van der Waals surface area contributed by atoms with Crippen molar-refractivity contribution in [1.82, 2.24) is 5.32 Å². The number of anilines is 1. The molecule has 140 valence electrons. The van der Waals surface area contributed by atoms with Crippen molar-refractivity contribution < 1.29 is 22.3 Å². The molecule has 8 heteroatoms. The van der Waals surface area contributed by atoms with Crippen LogP contribution in [0.1, 0.15) is 12.0 Å². The average molecular weight is 380 g/mol. The Morgan fingerprint density at radius 3 is 2.42 bits per heavy atom. The molecule has 0 aliphatic carbocycles. The summed E-state index contributed by atoms with van der Waals surface area (Å²) in [7, 11) is -2.04. The van der Waals surface area contributed by atoms with Gasteiger partial charge in [-0.1, -0.05) is 18.2 Å². The maximum Gasteiger partial charge on any atom is 0.232 e. The van der Waals surface area contributed by atoms with Crippen molar-refractivity contribution in [3.63, 3.8) is 0 Å². The number of amides is 1. The van der Waals surface area contributed by atoms with E-state index < -0.39 is 15.8 Å². The van der Waals surface area contributed by atoms with Gasteiger partial charge in [-0.25, -0.2) is 12.8 Å². The van der Waals surface area contributed by atoms with Crippen molar-refractivity contribution in [2.75, 3.05) is 24.2 Å². The van der Waals surface area contributed by atoms with Crippen LogP contribution in [0.3, 0.4) is 0 Å². The van der Waals surface area contributed by atoms with Gasteiger partial charge in [0.25, 0.3) is 0 Å². The fraction of sp³-hybridized carbons (Fsp3) is 0.278. The van der Waals surface area contributed by atoms with Gasteiger partial charge in [0.05, 0.1) is 19.1 Å². The van der Waals surface area contributed by atoms with E-state index in [9.17, 15) is 17.6 Å². The van der Waals surface area contributed by atoms with Gasteiger partial charge in [0.2, 0.25) is 15.9 Å². The van der Waals surface area contributed by atoms with E-state index in [1.165, 1.54) is 24.3 Å². The zero-order valence-electron chi connectivity index (χ0n) is 14.6. The highest BCUT2D eigenvalue weighted by molar-refractivity contribution is 7.92. The molecule has 0 fully saturated rings. The zero-order chi connectivity index (χ0) is 19.2. The van der Waals surface area contributed by atoms with Crippen molar-refractivity contribution in [2.24, 2.45) is 0 Å². The van der Waals surface area contributed by atoms with Crippen LogP contribution >= 0.6 is 0 Å². The van der Waals surface area contributed by atoms with Crippen LogP contribution in [0, 0.1) is 5.82 Å². The molecule has 1 amide bonds. The normalized spacial score (nSPS) is 11.0. The zero-order valence-corrected chi connectivity index (χ0v) is 15.4. The molecule has 0 radical (unpaired) electrons. The third kappa shape index (κ3) is 5.45. The third-order valence-corrected chi connectivity index (χ3v) is 4.92. The van der Waals surface area contributed by atoms with Gasteiger partial charge in [0.15, 0.2) is 0 Å². The highest BCUT2D eigenvalue weighted by Crippen LogP contribution is 2.19. The Balaban J connectivity index is 1.98. The number of nitrogens with one attached hydrogen (secondary N) is 1. The predicted molar refractivity (Wildman–Crippen MR) is 98.0 cm³/mol. The molecule has 0 aromatic heterocycles. The monoisotopic (exact) mass is 380 g/mol. The molecule has 0 heterocycles. The predicted octanol–water partition coefficient (Wildman–Crippen LogP) is 2.31. The van der Waals surface area contributed by atoms with Crippen molar-refractivity contribution >= 4 is 21.6 Å². The lowest BCUT2D eigenvalue weighted by atomic mass is 10.2. The molecule has 0 bridgehead atoms. The van der Waals surface area contributed by atoms with Crippen molar-refractivity contribution in [2.45, 2.75) is 13.0 Å². The number of ether oxygens (including phenoxy) is 1. The first-order chi connectivity index (χ1) is 12.3. The number of halogens is 1. The first-order valence-electron chi connectivity index (χ1n) is 7.93. The van der Waals surface area contributed by atoms with Gasteiger partial charge in [0, 0.05) is 25.1 Å². The molecule has 0 spiro atoms. The van der Waals surface area contributed by atoms with E-state index in [0.29, 0.717) is 11.4 Å². The lowest BCUT2D eigenvalue weighted by Gasteiger charge is -2.22. The summed E-state index contributed by atoms with van der Waals surface area (Å²) in [5, 5.41) is 2.74. The number of carbonyl (C=O) groups excluding carboxylic acids is 1. The molecule has 0 aliphatic rings. The molecule has 26 heavy (non-hydrogen) atoms. The van der Waals surface area contributed by atoms with Crippen LogP contribution in [0.4, 0.5) is 10.1 Å². The number of methoxy groups -OCH3 is 1. The van der Waals surface area contributed by atoms with Crippen LogP contribution < -0.4 is 14.4 Å². The highest BCUT2D eigenvalue weighted by Gasteiger charge is 2.18. The number of rotatable bonds is 8. The fourth-order valence-corrected chi connectivity index (χ4v) is 3.36. The number of nitrogens with zero attached hydrogens (tertiary/aromatic N) is 1. The van der Waals surface area contributed by atoms with Crippen LogP contribution in [0.25, 0.3) is 0 Å². The SMILES string of the molecule is COc1ccccc1CNC(=O)CCN(c1ccc(F)cc1)S(C)(=O)=O. The number of carbonyl (C=O) groups is 1. The molecule has 0 saturated carbocycles. The molecule has 0 saturated heterocycles. The molecule has 2 aromatic rings. The Hall–Kier alpha value is -2.61. The quantitative estimate of drug-likeness (QED) is 0.763. The standard InChI is InChI=1S/C18H21FN2O4S/c1-25-17-6-4-3-5-14(17)13-20-18(22)11-12-21(26(2,23)24)16-9-7-15(19)8-10-16/h3-10H,11-13H2,1-2H3,(H,20,22). The number of hydrogen-bond acceptors (Lipinski definition) is 4. The smallest absolute Gasteiger partial charge is 0.232 e. The summed E-state index contributed by atoms with van der Waals surface area (Å²) >= 11 is 0. The molecule has 0 aliphatic heterocycles. The summed E-state index contributed by atoms with van der Waals surface area (Å²) in [4.78, 5) is 12.1. The molecular weight excluding hydrogens is 359 g/mol. The Bertz CT molecular complexity index is 854. The average Bonchev–Trinajstić information content (AvgIpc) is 2.60. The summed E-state index contributed by atoms with van der Waals surface area (Å²) in [6, 6.07) is 12.4. The topological polar surface area (TPSA) is 75.7 Å². The minimum Gasteiger partial charge on any atom is -0.496 e. The summed E-state index contributed by atoms with van der Waals surface area (Å²) in [5.74, 6) is -0.0969. The van der Waals surface area contributed by atoms with Crippen LogP contribution in [0.15, 0.2) is 48.5 Å². The van der Waals surface area contributed by atoms with Crippen molar-refractivity contribution in [1.29, 1.82) is 0 Å². The molecular formula is C18H21FN2O4S. The Morgan fingerprint density at radius 1 is 1.15 bits per heavy atom. The van der Waals surface area contributed by atoms with Gasteiger partial charge in [-0.2, -0.15) is 0 Å². The number of sulfonamides is 1. The van der Waals surface area contributed by atoms with Crippen molar-refractivity contribution in [3.8, 4) is 5.75 Å². The van der Waals surface area contributed by atoms with Crippen LogP contribution in [-0.2, 0) is 21.4 Å². The molecule has 0 unspecified atom stereocenters. The number of benzene rings is 2. The van der Waals surface area contributed by atoms with E-state index in [1.54, 1.807) is 13.2 Å². The molecule has 0 atom stereocenters. The minimum absolute atomic E-state index is 0.0282. The van der Waals surface area contributed by atoms with E-state index in [0.717, 1.165) is 16.1 Å². The van der Waals surface area contributed by atoms with E-state index >= 15 is 0 Å². The minimum atomic E-state index is -3.59. The lowest BCUT2D eigenvalue weighted by Crippen LogP contribution is -2.34. The summed E-state index contributed by atoms with van der Waals surface area (Å²) in [6.07, 6.45) is 1.02. The van der Waals surface area contributed by atoms with Gasteiger partial charge >= 0.3 is 0 Å². The summed E-state index contributed by atoms with van der Waals surface area (Å²) in [6.45, 7) is 0.237. The Kier molecular flexibility index (Phi) is 6.57. The van der Waals surface area contributed by atoms with E-state index in [1.807, 2.05) is 18.2 Å². The number of para-hydroxylation sites is 1. The second kappa shape index (κ2) is 8.66. The highest BCUT2D eigenvalue weighted by atomic mass is 32.2. The summed E-state index contributed by atoms with van der Waals surface area (Å²) in [5.41, 5.74) is 1.13. The van der Waals surface area contributed by atoms with E-state index in [2.05, 4.69) is 5.32 Å². The Morgan fingerprint density at radius 2 is 1.81 bits per heavy atom. The third-order valence-electron chi connectivity index (χ3n) is 3.73. The molecule has 6 nitrogen and oxygen atoms in total. The first kappa shape index (κ1) is 19.7. The van der Waals surface area contributed by atoms with Gasteiger partial charge < -0.3 is 10.1 Å². The first-order valence-corrected chi connectivity index (χ1v) is 9.78. The van der Waals surface area contributed by atoms with Crippen LogP contribution in [0.2, 0.25) is 0 Å². The van der Waals surface area contributed by atoms with E-state index in [-0.39, 0.29) is 25.4 Å². The maximum atomic E-state index is 13.0. The van der Waals surface area contributed by atoms with Crippen LogP contribution in [-0.4, -0.2) is 34.2 Å². The largest absolute Gasteiger partial charge is 0.496 e. The molecule has 2 aromatic carbocycles. The molecule has 1 N–H and O–H groups in total. The molecule has 2 rings (SSSR count). The Labute approximate surface area is 152 Å². The van der Waals surface area contributed by atoms with Gasteiger partial charge in [-0.3, -0.25) is 9.10 Å². The van der Waals surface area contributed by atoms with Gasteiger partial charge in [-0.05, 0) is 30.3 Å².